The molecule has 0 N–H and O–H groups in total. The summed E-state index contributed by atoms with van der Waals surface area (Å²) < 4.78 is 0. The van der Waals surface area contributed by atoms with Crippen LogP contribution in [0.4, 0.5) is 5.69 Å². The Morgan fingerprint density at radius 3 is 2.26 bits per heavy atom. The lowest BCUT2D eigenvalue weighted by Gasteiger charge is -2.25. The summed E-state index contributed by atoms with van der Waals surface area (Å²) >= 11 is 9.25. The first-order valence-electron chi connectivity index (χ1n) is 6.55. The first kappa shape index (κ1) is 14.2. The Bertz CT molecular complexity index is 503. The van der Waals surface area contributed by atoms with Crippen LogP contribution in [0.2, 0.25) is 0 Å². The predicted molar refractivity (Wildman–Crippen MR) is 85.6 cm³/mol. The summed E-state index contributed by atoms with van der Waals surface area (Å²) in [5.74, 6) is 0.761. The van der Waals surface area contributed by atoms with Gasteiger partial charge in [0.2, 0.25) is 0 Å². The van der Waals surface area contributed by atoms with Gasteiger partial charge in [-0.15, -0.1) is 0 Å². The first-order chi connectivity index (χ1) is 9.31. The summed E-state index contributed by atoms with van der Waals surface area (Å²) in [5.41, 5.74) is 2.24. The third-order valence-corrected chi connectivity index (χ3v) is 3.88. The molecule has 0 atom stereocenters. The van der Waals surface area contributed by atoms with Gasteiger partial charge in [0.05, 0.1) is 22.1 Å². The highest BCUT2D eigenvalue weighted by Crippen LogP contribution is 2.29. The molecule has 1 aliphatic rings. The van der Waals surface area contributed by atoms with Gasteiger partial charge in [-0.2, -0.15) is 4.99 Å². The quantitative estimate of drug-likeness (QED) is 0.596. The molecule has 0 amide bonds. The van der Waals surface area contributed by atoms with Gasteiger partial charge in [0.25, 0.3) is 0 Å². The molecule has 0 aliphatic heterocycles. The first-order valence-corrected chi connectivity index (χ1v) is 7.37. The summed E-state index contributed by atoms with van der Waals surface area (Å²) in [5, 5.41) is 4.89. The van der Waals surface area contributed by atoms with Crippen molar-refractivity contribution < 1.29 is 0 Å². The van der Waals surface area contributed by atoms with E-state index in [0.717, 1.165) is 30.9 Å². The molecule has 2 nitrogen and oxygen atoms in total. The van der Waals surface area contributed by atoms with Crippen molar-refractivity contribution >= 4 is 40.4 Å². The molecule has 0 unspecified atom stereocenters. The number of isothiocyanates is 2. The Morgan fingerprint density at radius 2 is 1.68 bits per heavy atom. The molecule has 4 heteroatoms. The fourth-order valence-corrected chi connectivity index (χ4v) is 2.90. The number of hydrogen-bond acceptors (Lipinski definition) is 4. The number of nitrogens with zero attached hydrogens (tertiary/aromatic N) is 2. The van der Waals surface area contributed by atoms with Crippen molar-refractivity contribution in [3.05, 3.63) is 29.8 Å². The second-order valence-electron chi connectivity index (χ2n) is 4.97. The van der Waals surface area contributed by atoms with Crippen LogP contribution in [0.15, 0.2) is 34.3 Å². The average Bonchev–Trinajstić information content (AvgIpc) is 2.44. The summed E-state index contributed by atoms with van der Waals surface area (Å²) in [6, 6.07) is 8.67. The van der Waals surface area contributed by atoms with E-state index in [-0.39, 0.29) is 0 Å². The van der Waals surface area contributed by atoms with Crippen molar-refractivity contribution in [1.82, 2.24) is 0 Å². The molecule has 0 heterocycles. The Labute approximate surface area is 124 Å². The minimum absolute atomic E-state index is 0.410. The van der Waals surface area contributed by atoms with E-state index in [1.807, 2.05) is 12.1 Å². The molecule has 1 aromatic rings. The minimum Gasteiger partial charge on any atom is -0.229 e. The van der Waals surface area contributed by atoms with Gasteiger partial charge >= 0.3 is 0 Å². The van der Waals surface area contributed by atoms with Gasteiger partial charge in [-0.1, -0.05) is 12.1 Å². The fraction of sp³-hybridized carbons (Fsp3) is 0.467. The Hall–Kier alpha value is -1.18. The maximum atomic E-state index is 4.66. The van der Waals surface area contributed by atoms with Crippen molar-refractivity contribution in [1.29, 1.82) is 0 Å². The van der Waals surface area contributed by atoms with Gasteiger partial charge in [-0.25, -0.2) is 4.99 Å². The summed E-state index contributed by atoms with van der Waals surface area (Å²) in [4.78, 5) is 8.15. The smallest absolute Gasteiger partial charge is 0.0739 e. The van der Waals surface area contributed by atoms with Crippen molar-refractivity contribution in [3.8, 4) is 0 Å². The largest absolute Gasteiger partial charge is 0.229 e. The van der Waals surface area contributed by atoms with E-state index < -0.39 is 0 Å². The third kappa shape index (κ3) is 4.45. The highest BCUT2D eigenvalue weighted by Gasteiger charge is 2.20. The molecule has 0 spiro atoms. The summed E-state index contributed by atoms with van der Waals surface area (Å²) in [6.45, 7) is 0. The van der Waals surface area contributed by atoms with Crippen molar-refractivity contribution in [2.24, 2.45) is 15.9 Å². The van der Waals surface area contributed by atoms with Gasteiger partial charge < -0.3 is 0 Å². The standard InChI is InChI=1S/C15H16N2S2/c18-10-16-14-5-1-12(2-6-14)9-13-3-7-15(8-4-13)17-11-19/h1-2,5-6,13,15H,3-4,7-9H2. The van der Waals surface area contributed by atoms with Gasteiger partial charge in [-0.3, -0.25) is 0 Å². The zero-order chi connectivity index (χ0) is 13.5. The topological polar surface area (TPSA) is 24.7 Å². The van der Waals surface area contributed by atoms with Crippen molar-refractivity contribution in [3.63, 3.8) is 0 Å². The van der Waals surface area contributed by atoms with Crippen LogP contribution in [0.3, 0.4) is 0 Å². The van der Waals surface area contributed by atoms with Gasteiger partial charge in [0.15, 0.2) is 0 Å². The van der Waals surface area contributed by atoms with E-state index in [9.17, 15) is 0 Å². The van der Waals surface area contributed by atoms with Crippen LogP contribution < -0.4 is 0 Å². The highest BCUT2D eigenvalue weighted by molar-refractivity contribution is 7.78. The van der Waals surface area contributed by atoms with E-state index in [0.29, 0.717) is 6.04 Å². The number of benzene rings is 1. The monoisotopic (exact) mass is 288 g/mol. The number of thiocarbonyl (C=S) groups is 2. The van der Waals surface area contributed by atoms with Crippen LogP contribution in [0.25, 0.3) is 0 Å². The molecule has 0 aromatic heterocycles. The van der Waals surface area contributed by atoms with Gasteiger partial charge in [-0.05, 0) is 80.2 Å². The molecule has 1 aliphatic carbocycles. The molecule has 98 valence electrons. The lowest BCUT2D eigenvalue weighted by molar-refractivity contribution is 0.327. The molecule has 1 fully saturated rings. The lowest BCUT2D eigenvalue weighted by atomic mass is 9.82. The molecular weight excluding hydrogens is 272 g/mol. The molecule has 1 aromatic carbocycles. The van der Waals surface area contributed by atoms with Crippen molar-refractivity contribution in [2.45, 2.75) is 38.1 Å². The molecule has 2 rings (SSSR count). The molecule has 0 saturated heterocycles. The molecule has 0 radical (unpaired) electrons. The molecule has 1 saturated carbocycles. The second-order valence-corrected chi connectivity index (χ2v) is 5.33. The number of hydrogen-bond donors (Lipinski definition) is 0. The summed E-state index contributed by atoms with van der Waals surface area (Å²) in [6.07, 6.45) is 5.87. The second kappa shape index (κ2) is 7.42. The number of aliphatic imine (C=N–C) groups is 2. The normalized spacial score (nSPS) is 22.1. The maximum absolute atomic E-state index is 4.66. The van der Waals surface area contributed by atoms with Crippen molar-refractivity contribution in [2.75, 3.05) is 0 Å². The average molecular weight is 288 g/mol. The van der Waals surface area contributed by atoms with Crippen LogP contribution in [0.1, 0.15) is 31.2 Å². The molecular formula is C15H16N2S2. The fourth-order valence-electron chi connectivity index (χ4n) is 2.65. The zero-order valence-corrected chi connectivity index (χ0v) is 12.3. The van der Waals surface area contributed by atoms with Crippen LogP contribution in [0.5, 0.6) is 0 Å². The van der Waals surface area contributed by atoms with E-state index in [1.165, 1.54) is 18.4 Å². The SMILES string of the molecule is S=C=Nc1ccc(CC2CCC(N=C=S)CC2)cc1. The van der Waals surface area contributed by atoms with E-state index in [1.54, 1.807) is 0 Å². The molecule has 0 bridgehead atoms. The van der Waals surface area contributed by atoms with Gasteiger partial charge in [0.1, 0.15) is 0 Å². The van der Waals surface area contributed by atoms with E-state index in [2.05, 4.69) is 56.9 Å². The number of rotatable bonds is 4. The highest BCUT2D eigenvalue weighted by atomic mass is 32.1. The predicted octanol–water partition coefficient (Wildman–Crippen LogP) is 4.63. The van der Waals surface area contributed by atoms with Gasteiger partial charge in [0, 0.05) is 0 Å². The minimum atomic E-state index is 0.410. The van der Waals surface area contributed by atoms with Crippen LogP contribution >= 0.6 is 24.4 Å². The van der Waals surface area contributed by atoms with E-state index >= 15 is 0 Å². The Morgan fingerprint density at radius 1 is 1.00 bits per heavy atom. The Balaban J connectivity index is 1.88. The maximum Gasteiger partial charge on any atom is 0.0739 e. The van der Waals surface area contributed by atoms with Crippen LogP contribution in [-0.2, 0) is 6.42 Å². The summed E-state index contributed by atoms with van der Waals surface area (Å²) in [7, 11) is 0. The third-order valence-electron chi connectivity index (χ3n) is 3.69. The Kier molecular flexibility index (Phi) is 5.56. The lowest BCUT2D eigenvalue weighted by Crippen LogP contribution is -2.18. The van der Waals surface area contributed by atoms with Crippen LogP contribution in [-0.4, -0.2) is 16.4 Å². The zero-order valence-electron chi connectivity index (χ0n) is 10.7. The van der Waals surface area contributed by atoms with E-state index in [4.69, 9.17) is 0 Å². The molecule has 19 heavy (non-hydrogen) atoms. The van der Waals surface area contributed by atoms with Crippen LogP contribution in [0, 0.1) is 5.92 Å².